The maximum Gasteiger partial charge on any atom is 0.0462 e. The molecule has 204 valence electrons. The highest BCUT2D eigenvalue weighted by Crippen LogP contribution is 2.36. The van der Waals surface area contributed by atoms with Crippen LogP contribution in [0.15, 0.2) is 158 Å². The van der Waals surface area contributed by atoms with E-state index in [1.54, 1.807) is 0 Å². The first-order valence-electron chi connectivity index (χ1n) is 14.4. The summed E-state index contributed by atoms with van der Waals surface area (Å²) in [6.45, 7) is 4.24. The summed E-state index contributed by atoms with van der Waals surface area (Å²) in [5, 5.41) is 0. The Morgan fingerprint density at radius 2 is 0.571 bits per heavy atom. The predicted molar refractivity (Wildman–Crippen MR) is 181 cm³/mol. The summed E-state index contributed by atoms with van der Waals surface area (Å²) < 4.78 is 0. The van der Waals surface area contributed by atoms with Gasteiger partial charge < -0.3 is 9.80 Å². The minimum atomic E-state index is 1.13. The normalized spacial score (nSPS) is 11.0. The molecule has 2 heteroatoms. The molecule has 6 aromatic rings. The molecule has 0 aliphatic rings. The van der Waals surface area contributed by atoms with Crippen LogP contribution < -0.4 is 9.80 Å². The minimum Gasteiger partial charge on any atom is -0.311 e. The summed E-state index contributed by atoms with van der Waals surface area (Å²) in [5.74, 6) is 0. The first kappa shape index (κ1) is 26.9. The number of hydrogen-bond donors (Lipinski definition) is 0. The molecule has 0 amide bonds. The van der Waals surface area contributed by atoms with Crippen molar-refractivity contribution in [1.29, 1.82) is 0 Å². The van der Waals surface area contributed by atoms with Crippen LogP contribution in [0, 0.1) is 13.8 Å². The van der Waals surface area contributed by atoms with E-state index in [1.165, 1.54) is 11.1 Å². The quantitative estimate of drug-likeness (QED) is 0.176. The van der Waals surface area contributed by atoms with Crippen LogP contribution in [0.2, 0.25) is 0 Å². The monoisotopic (exact) mass is 542 g/mol. The van der Waals surface area contributed by atoms with E-state index in [4.69, 9.17) is 0 Å². The van der Waals surface area contributed by atoms with E-state index < -0.39 is 0 Å². The number of aryl methyl sites for hydroxylation is 2. The number of para-hydroxylation sites is 2. The molecule has 0 spiro atoms. The third-order valence-corrected chi connectivity index (χ3v) is 7.38. The van der Waals surface area contributed by atoms with Crippen LogP contribution >= 0.6 is 0 Å². The minimum absolute atomic E-state index is 1.13. The fourth-order valence-electron chi connectivity index (χ4n) is 5.10. The second-order valence-corrected chi connectivity index (χ2v) is 10.5. The van der Waals surface area contributed by atoms with Crippen LogP contribution in [0.25, 0.3) is 12.2 Å². The predicted octanol–water partition coefficient (Wildman–Crippen LogP) is 11.4. The van der Waals surface area contributed by atoms with Gasteiger partial charge in [-0.25, -0.2) is 0 Å². The summed E-state index contributed by atoms with van der Waals surface area (Å²) >= 11 is 0. The molecule has 2 nitrogen and oxygen atoms in total. The maximum absolute atomic E-state index is 2.30. The molecule has 0 saturated heterocycles. The van der Waals surface area contributed by atoms with Gasteiger partial charge in [0.2, 0.25) is 0 Å². The van der Waals surface area contributed by atoms with Gasteiger partial charge in [-0.3, -0.25) is 0 Å². The number of nitrogens with zero attached hydrogens (tertiary/aromatic N) is 2. The van der Waals surface area contributed by atoms with Crippen LogP contribution in [-0.2, 0) is 0 Å². The molecular formula is C40H34N2. The van der Waals surface area contributed by atoms with Gasteiger partial charge in [0.1, 0.15) is 0 Å². The van der Waals surface area contributed by atoms with Crippen molar-refractivity contribution in [3.05, 3.63) is 180 Å². The van der Waals surface area contributed by atoms with Gasteiger partial charge in [-0.1, -0.05) is 108 Å². The lowest BCUT2D eigenvalue weighted by molar-refractivity contribution is 1.27. The first-order valence-corrected chi connectivity index (χ1v) is 14.4. The van der Waals surface area contributed by atoms with Crippen molar-refractivity contribution in [3.8, 4) is 0 Å². The largest absolute Gasteiger partial charge is 0.311 e. The van der Waals surface area contributed by atoms with Gasteiger partial charge in [0.05, 0.1) is 0 Å². The van der Waals surface area contributed by atoms with Gasteiger partial charge in [0.15, 0.2) is 0 Å². The fourth-order valence-corrected chi connectivity index (χ4v) is 5.10. The molecule has 0 fully saturated rings. The highest BCUT2D eigenvalue weighted by molar-refractivity contribution is 5.80. The molecule has 0 atom stereocenters. The standard InChI is InChI=1S/C40H34N2/c1-31-13-23-37(24-14-31)42(38-25-15-32(2)16-26-38)40-29-21-34(22-30-40)18-17-33-19-27-39(28-20-33)41(35-9-5-3-6-10-35)36-11-7-4-8-12-36/h3-30H,1-2H3/b18-17+. The van der Waals surface area contributed by atoms with Crippen molar-refractivity contribution in [2.45, 2.75) is 13.8 Å². The number of benzene rings is 6. The van der Waals surface area contributed by atoms with Crippen LogP contribution in [0.4, 0.5) is 34.1 Å². The molecular weight excluding hydrogens is 508 g/mol. The lowest BCUT2D eigenvalue weighted by Gasteiger charge is -2.26. The van der Waals surface area contributed by atoms with Crippen molar-refractivity contribution in [3.63, 3.8) is 0 Å². The zero-order valence-corrected chi connectivity index (χ0v) is 24.1. The molecule has 0 bridgehead atoms. The molecule has 0 N–H and O–H groups in total. The number of anilines is 6. The topological polar surface area (TPSA) is 6.48 Å². The summed E-state index contributed by atoms with van der Waals surface area (Å²) in [4.78, 5) is 4.58. The SMILES string of the molecule is Cc1ccc(N(c2ccc(C)cc2)c2ccc(/C=C/c3ccc(N(c4ccccc4)c4ccccc4)cc3)cc2)cc1. The van der Waals surface area contributed by atoms with E-state index >= 15 is 0 Å². The van der Waals surface area contributed by atoms with Gasteiger partial charge in [0, 0.05) is 34.1 Å². The second kappa shape index (κ2) is 12.4. The average molecular weight is 543 g/mol. The maximum atomic E-state index is 2.30. The Hall–Kier alpha value is -5.34. The number of hydrogen-bond acceptors (Lipinski definition) is 2. The highest BCUT2D eigenvalue weighted by Gasteiger charge is 2.13. The Balaban J connectivity index is 1.23. The van der Waals surface area contributed by atoms with Gasteiger partial charge in [-0.15, -0.1) is 0 Å². The van der Waals surface area contributed by atoms with Crippen molar-refractivity contribution in [2.75, 3.05) is 9.80 Å². The zero-order valence-electron chi connectivity index (χ0n) is 24.1. The van der Waals surface area contributed by atoms with E-state index in [0.29, 0.717) is 0 Å². The lowest BCUT2D eigenvalue weighted by atomic mass is 10.1. The molecule has 42 heavy (non-hydrogen) atoms. The van der Waals surface area contributed by atoms with Crippen molar-refractivity contribution in [1.82, 2.24) is 0 Å². The molecule has 0 unspecified atom stereocenters. The van der Waals surface area contributed by atoms with Gasteiger partial charge in [-0.2, -0.15) is 0 Å². The van der Waals surface area contributed by atoms with Gasteiger partial charge >= 0.3 is 0 Å². The summed E-state index contributed by atoms with van der Waals surface area (Å²) in [6, 6.07) is 55.9. The molecule has 0 aliphatic heterocycles. The summed E-state index contributed by atoms with van der Waals surface area (Å²) in [7, 11) is 0. The third kappa shape index (κ3) is 6.19. The number of rotatable bonds is 8. The molecule has 6 aromatic carbocycles. The van der Waals surface area contributed by atoms with Crippen LogP contribution in [0.3, 0.4) is 0 Å². The van der Waals surface area contributed by atoms with E-state index in [-0.39, 0.29) is 0 Å². The zero-order chi connectivity index (χ0) is 28.7. The van der Waals surface area contributed by atoms with Gasteiger partial charge in [-0.05, 0) is 97.8 Å². The Kier molecular flexibility index (Phi) is 7.96. The van der Waals surface area contributed by atoms with Crippen molar-refractivity contribution in [2.24, 2.45) is 0 Å². The Morgan fingerprint density at radius 3 is 0.881 bits per heavy atom. The van der Waals surface area contributed by atoms with Crippen molar-refractivity contribution < 1.29 is 0 Å². The van der Waals surface area contributed by atoms with E-state index in [0.717, 1.165) is 45.3 Å². The highest BCUT2D eigenvalue weighted by atomic mass is 15.1. The molecule has 0 saturated carbocycles. The smallest absolute Gasteiger partial charge is 0.0462 e. The van der Waals surface area contributed by atoms with E-state index in [9.17, 15) is 0 Å². The first-order chi connectivity index (χ1) is 20.6. The summed E-state index contributed by atoms with van der Waals surface area (Å²) in [6.07, 6.45) is 4.35. The Morgan fingerprint density at radius 1 is 0.310 bits per heavy atom. The molecule has 6 rings (SSSR count). The van der Waals surface area contributed by atoms with Gasteiger partial charge in [0.25, 0.3) is 0 Å². The lowest BCUT2D eigenvalue weighted by Crippen LogP contribution is -2.09. The van der Waals surface area contributed by atoms with Crippen LogP contribution in [0.1, 0.15) is 22.3 Å². The third-order valence-electron chi connectivity index (χ3n) is 7.38. The van der Waals surface area contributed by atoms with Crippen LogP contribution in [-0.4, -0.2) is 0 Å². The average Bonchev–Trinajstić information content (AvgIpc) is 3.04. The Bertz CT molecular complexity index is 1650. The van der Waals surface area contributed by atoms with E-state index in [1.807, 2.05) is 0 Å². The van der Waals surface area contributed by atoms with Crippen molar-refractivity contribution >= 4 is 46.3 Å². The van der Waals surface area contributed by atoms with Crippen LogP contribution in [0.5, 0.6) is 0 Å². The Labute approximate surface area is 249 Å². The molecule has 0 heterocycles. The molecule has 0 aliphatic carbocycles. The second-order valence-electron chi connectivity index (χ2n) is 10.5. The van der Waals surface area contributed by atoms with E-state index in [2.05, 4.69) is 194 Å². The molecule has 0 aromatic heterocycles. The summed E-state index contributed by atoms with van der Waals surface area (Å²) in [5.41, 5.74) is 11.6. The fraction of sp³-hybridized carbons (Fsp3) is 0.0500. The molecule has 0 radical (unpaired) electrons.